The summed E-state index contributed by atoms with van der Waals surface area (Å²) in [5.74, 6) is 0.223. The van der Waals surface area contributed by atoms with E-state index in [1.165, 1.54) is 24.6 Å². The van der Waals surface area contributed by atoms with Gasteiger partial charge in [0.2, 0.25) is 10.0 Å². The Labute approximate surface area is 134 Å². The van der Waals surface area contributed by atoms with Crippen molar-refractivity contribution in [2.45, 2.75) is 23.0 Å². The van der Waals surface area contributed by atoms with Gasteiger partial charge in [0.15, 0.2) is 0 Å². The molecule has 0 amide bonds. The quantitative estimate of drug-likeness (QED) is 0.760. The summed E-state index contributed by atoms with van der Waals surface area (Å²) in [7, 11) is -0.634. The maximum absolute atomic E-state index is 12.7. The largest absolute Gasteiger partial charge is 0.377 e. The summed E-state index contributed by atoms with van der Waals surface area (Å²) in [6, 6.07) is 4.75. The predicted molar refractivity (Wildman–Crippen MR) is 81.4 cm³/mol. The molecule has 0 aliphatic carbocycles. The highest BCUT2D eigenvalue weighted by Gasteiger charge is 2.40. The fraction of sp³-hybridized carbons (Fsp3) is 0.538. The molecule has 2 atom stereocenters. The van der Waals surface area contributed by atoms with Crippen molar-refractivity contribution < 1.29 is 17.9 Å². The van der Waals surface area contributed by atoms with Crippen molar-refractivity contribution in [2.75, 3.05) is 27.3 Å². The molecule has 118 valence electrons. The second kappa shape index (κ2) is 6.81. The van der Waals surface area contributed by atoms with Crippen LogP contribution in [0.25, 0.3) is 0 Å². The third kappa shape index (κ3) is 3.36. The number of nitrogens with zero attached hydrogens (tertiary/aromatic N) is 1. The normalized spacial score (nSPS) is 23.6. The van der Waals surface area contributed by atoms with Gasteiger partial charge in [-0.1, -0.05) is 17.7 Å². The molecule has 0 bridgehead atoms. The molecule has 1 fully saturated rings. The van der Waals surface area contributed by atoms with Gasteiger partial charge >= 0.3 is 0 Å². The van der Waals surface area contributed by atoms with Crippen LogP contribution in [0, 0.1) is 0 Å². The van der Waals surface area contributed by atoms with Gasteiger partial charge in [0.05, 0.1) is 17.2 Å². The number of ether oxygens (including phenoxy) is 2. The lowest BCUT2D eigenvalue weighted by molar-refractivity contribution is -0.00461. The van der Waals surface area contributed by atoms with E-state index >= 15 is 0 Å². The highest BCUT2D eigenvalue weighted by Crippen LogP contribution is 2.29. The molecule has 1 aliphatic rings. The zero-order chi connectivity index (χ0) is 15.6. The first-order valence-corrected chi connectivity index (χ1v) is 8.69. The third-order valence-corrected chi connectivity index (χ3v) is 6.18. The van der Waals surface area contributed by atoms with E-state index in [9.17, 15) is 8.42 Å². The summed E-state index contributed by atoms with van der Waals surface area (Å²) < 4.78 is 37.3. The van der Waals surface area contributed by atoms with E-state index in [1.807, 2.05) is 0 Å². The van der Waals surface area contributed by atoms with E-state index in [0.717, 1.165) is 0 Å². The van der Waals surface area contributed by atoms with Crippen molar-refractivity contribution in [2.24, 2.45) is 0 Å². The monoisotopic (exact) mass is 353 g/mol. The van der Waals surface area contributed by atoms with Crippen LogP contribution in [0.2, 0.25) is 5.02 Å². The average Bonchev–Trinajstić information content (AvgIpc) is 2.91. The van der Waals surface area contributed by atoms with Crippen molar-refractivity contribution in [1.82, 2.24) is 4.31 Å². The van der Waals surface area contributed by atoms with Crippen LogP contribution in [0.4, 0.5) is 0 Å². The second-order valence-electron chi connectivity index (χ2n) is 4.77. The topological polar surface area (TPSA) is 55.8 Å². The maximum atomic E-state index is 12.7. The zero-order valence-corrected chi connectivity index (χ0v) is 14.1. The average molecular weight is 354 g/mol. The van der Waals surface area contributed by atoms with Crippen LogP contribution < -0.4 is 0 Å². The van der Waals surface area contributed by atoms with Crippen molar-refractivity contribution in [3.8, 4) is 0 Å². The molecule has 5 nitrogen and oxygen atoms in total. The van der Waals surface area contributed by atoms with Gasteiger partial charge in [0, 0.05) is 33.2 Å². The molecule has 21 heavy (non-hydrogen) atoms. The highest BCUT2D eigenvalue weighted by molar-refractivity contribution is 7.89. The number of alkyl halides is 1. The predicted octanol–water partition coefficient (Wildman–Crippen LogP) is 2.11. The Morgan fingerprint density at radius 1 is 1.24 bits per heavy atom. The summed E-state index contributed by atoms with van der Waals surface area (Å²) in [6.45, 7) is 0.470. The number of methoxy groups -OCH3 is 2. The van der Waals surface area contributed by atoms with E-state index in [2.05, 4.69) is 0 Å². The van der Waals surface area contributed by atoms with Crippen LogP contribution in [-0.4, -0.2) is 52.2 Å². The number of hydrogen-bond donors (Lipinski definition) is 0. The molecule has 0 radical (unpaired) electrons. The number of halogens is 2. The van der Waals surface area contributed by atoms with Crippen LogP contribution in [0.3, 0.4) is 0 Å². The van der Waals surface area contributed by atoms with Crippen molar-refractivity contribution in [3.05, 3.63) is 28.8 Å². The SMILES string of the molecule is COC1CN(S(=O)(=O)c2cc(CCl)ccc2Cl)CC1OC. The van der Waals surface area contributed by atoms with E-state index in [0.29, 0.717) is 5.56 Å². The van der Waals surface area contributed by atoms with Crippen LogP contribution in [0.1, 0.15) is 5.56 Å². The Kier molecular flexibility index (Phi) is 5.51. The van der Waals surface area contributed by atoms with E-state index < -0.39 is 10.0 Å². The molecule has 1 aliphatic heterocycles. The van der Waals surface area contributed by atoms with Crippen molar-refractivity contribution in [1.29, 1.82) is 0 Å². The molecule has 2 unspecified atom stereocenters. The molecule has 0 N–H and O–H groups in total. The van der Waals surface area contributed by atoms with Gasteiger partial charge in [-0.25, -0.2) is 8.42 Å². The standard InChI is InChI=1S/C13H17Cl2NO4S/c1-19-11-7-16(8-12(11)20-2)21(17,18)13-5-9(6-14)3-4-10(13)15/h3-5,11-12H,6-8H2,1-2H3. The first kappa shape index (κ1) is 17.0. The van der Waals surface area contributed by atoms with Crippen molar-refractivity contribution in [3.63, 3.8) is 0 Å². The molecule has 0 spiro atoms. The van der Waals surface area contributed by atoms with Gasteiger partial charge in [0.1, 0.15) is 4.90 Å². The summed E-state index contributed by atoms with van der Waals surface area (Å²) in [5, 5.41) is 0.179. The molecule has 2 rings (SSSR count). The van der Waals surface area contributed by atoms with E-state index in [4.69, 9.17) is 32.7 Å². The fourth-order valence-electron chi connectivity index (χ4n) is 2.33. The minimum absolute atomic E-state index is 0.0638. The van der Waals surface area contributed by atoms with Crippen molar-refractivity contribution >= 4 is 33.2 Å². The first-order chi connectivity index (χ1) is 9.93. The Morgan fingerprint density at radius 2 is 1.81 bits per heavy atom. The zero-order valence-electron chi connectivity index (χ0n) is 11.8. The molecule has 0 saturated carbocycles. The van der Waals surface area contributed by atoms with E-state index in [1.54, 1.807) is 12.1 Å². The summed E-state index contributed by atoms with van der Waals surface area (Å²) >= 11 is 11.8. The Bertz CT molecular complexity index is 596. The Morgan fingerprint density at radius 3 is 2.29 bits per heavy atom. The lowest BCUT2D eigenvalue weighted by Crippen LogP contribution is -2.30. The van der Waals surface area contributed by atoms with Gasteiger partial charge in [-0.15, -0.1) is 11.6 Å². The van der Waals surface area contributed by atoms with E-state index in [-0.39, 0.29) is 41.1 Å². The van der Waals surface area contributed by atoms with Crippen LogP contribution >= 0.6 is 23.2 Å². The summed E-state index contributed by atoms with van der Waals surface area (Å²) in [4.78, 5) is 0.0638. The lowest BCUT2D eigenvalue weighted by Gasteiger charge is -2.17. The molecule has 1 aromatic rings. The fourth-order valence-corrected chi connectivity index (χ4v) is 4.48. The Balaban J connectivity index is 2.35. The van der Waals surface area contributed by atoms with Crippen LogP contribution in [-0.2, 0) is 25.4 Å². The third-order valence-electron chi connectivity index (χ3n) is 3.56. The van der Waals surface area contributed by atoms with Gasteiger partial charge in [0.25, 0.3) is 0 Å². The molecular formula is C13H17Cl2NO4S. The molecule has 1 heterocycles. The lowest BCUT2D eigenvalue weighted by atomic mass is 10.2. The van der Waals surface area contributed by atoms with Gasteiger partial charge in [-0.3, -0.25) is 0 Å². The number of benzene rings is 1. The van der Waals surface area contributed by atoms with Gasteiger partial charge < -0.3 is 9.47 Å². The number of hydrogen-bond acceptors (Lipinski definition) is 4. The highest BCUT2D eigenvalue weighted by atomic mass is 35.5. The minimum atomic E-state index is -3.71. The number of sulfonamides is 1. The smallest absolute Gasteiger partial charge is 0.244 e. The molecule has 1 saturated heterocycles. The maximum Gasteiger partial charge on any atom is 0.244 e. The molecule has 8 heteroatoms. The Hall–Kier alpha value is -0.370. The summed E-state index contributed by atoms with van der Waals surface area (Å²) in [5.41, 5.74) is 0.699. The molecule has 0 aromatic heterocycles. The first-order valence-electron chi connectivity index (χ1n) is 6.34. The second-order valence-corrected chi connectivity index (χ2v) is 7.35. The molecule has 1 aromatic carbocycles. The minimum Gasteiger partial charge on any atom is -0.377 e. The van der Waals surface area contributed by atoms with Crippen LogP contribution in [0.15, 0.2) is 23.1 Å². The number of rotatable bonds is 5. The summed E-state index contributed by atoms with van der Waals surface area (Å²) in [6.07, 6.45) is -0.584. The van der Waals surface area contributed by atoms with Gasteiger partial charge in [-0.2, -0.15) is 4.31 Å². The molecular weight excluding hydrogens is 337 g/mol. The van der Waals surface area contributed by atoms with Gasteiger partial charge in [-0.05, 0) is 17.7 Å². The van der Waals surface area contributed by atoms with Crippen LogP contribution in [0.5, 0.6) is 0 Å².